The van der Waals surface area contributed by atoms with Crippen molar-refractivity contribution in [2.75, 3.05) is 0 Å². The highest BCUT2D eigenvalue weighted by Gasteiger charge is 2.38. The van der Waals surface area contributed by atoms with Crippen molar-refractivity contribution in [3.8, 4) is 78.4 Å². The van der Waals surface area contributed by atoms with E-state index in [2.05, 4.69) is 190 Å². The van der Waals surface area contributed by atoms with Gasteiger partial charge < -0.3 is 0 Å². The van der Waals surface area contributed by atoms with E-state index in [9.17, 15) is 0 Å². The molecule has 1 aliphatic carbocycles. The minimum atomic E-state index is -0.106. The summed E-state index contributed by atoms with van der Waals surface area (Å²) >= 11 is 0. The van der Waals surface area contributed by atoms with E-state index in [1.54, 1.807) is 0 Å². The van der Waals surface area contributed by atoms with Crippen molar-refractivity contribution < 1.29 is 0 Å². The van der Waals surface area contributed by atoms with E-state index in [-0.39, 0.29) is 5.41 Å². The minimum absolute atomic E-state index is 0.106. The smallest absolute Gasteiger partial charge is 0.160 e. The van der Waals surface area contributed by atoms with Crippen molar-refractivity contribution >= 4 is 10.8 Å². The fourth-order valence-electron chi connectivity index (χ4n) is 8.53. The van der Waals surface area contributed by atoms with Crippen molar-refractivity contribution in [1.82, 2.24) is 9.97 Å². The predicted octanol–water partition coefficient (Wildman–Crippen LogP) is 13.9. The summed E-state index contributed by atoms with van der Waals surface area (Å²) in [5, 5.41) is 2.59. The maximum atomic E-state index is 5.23. The van der Waals surface area contributed by atoms with Gasteiger partial charge in [-0.25, -0.2) is 9.97 Å². The Morgan fingerprint density at radius 2 is 0.873 bits per heavy atom. The summed E-state index contributed by atoms with van der Waals surface area (Å²) in [4.78, 5) is 10.4. The van der Waals surface area contributed by atoms with Gasteiger partial charge in [-0.15, -0.1) is 0 Å². The first-order chi connectivity index (χ1) is 27.0. The number of rotatable bonds is 6. The van der Waals surface area contributed by atoms with Crippen LogP contribution in [0.15, 0.2) is 194 Å². The molecule has 10 rings (SSSR count). The van der Waals surface area contributed by atoms with Crippen molar-refractivity contribution in [2.45, 2.75) is 19.3 Å². The largest absolute Gasteiger partial charge is 0.228 e. The summed E-state index contributed by atoms with van der Waals surface area (Å²) < 4.78 is 0. The van der Waals surface area contributed by atoms with E-state index < -0.39 is 0 Å². The lowest BCUT2D eigenvalue weighted by atomic mass is 9.79. The SMILES string of the molecule is CC1(C)c2ccccc2-c2c(-c3ccc(-c4cc(-c5cc(-c6ccccc6)cc(-c6ccccc6)c5)nc(-c5ccccc5)n4)cc3)cc3ccccc3c21. The molecule has 2 heteroatoms. The van der Waals surface area contributed by atoms with Gasteiger partial charge in [-0.05, 0) is 96.7 Å². The van der Waals surface area contributed by atoms with E-state index in [1.807, 2.05) is 18.2 Å². The first-order valence-corrected chi connectivity index (χ1v) is 19.0. The number of hydrogen-bond acceptors (Lipinski definition) is 2. The predicted molar refractivity (Wildman–Crippen MR) is 230 cm³/mol. The third-order valence-electron chi connectivity index (χ3n) is 11.2. The molecule has 0 amide bonds. The summed E-state index contributed by atoms with van der Waals surface area (Å²) in [6.45, 7) is 4.73. The Bertz CT molecular complexity index is 2800. The highest BCUT2D eigenvalue weighted by atomic mass is 14.9. The quantitative estimate of drug-likeness (QED) is 0.172. The molecule has 1 heterocycles. The molecule has 260 valence electrons. The lowest BCUT2D eigenvalue weighted by molar-refractivity contribution is 0.666. The number of hydrogen-bond donors (Lipinski definition) is 0. The van der Waals surface area contributed by atoms with E-state index in [1.165, 1.54) is 55.3 Å². The third kappa shape index (κ3) is 5.75. The van der Waals surface area contributed by atoms with Crippen LogP contribution in [-0.4, -0.2) is 9.97 Å². The van der Waals surface area contributed by atoms with Gasteiger partial charge in [0.1, 0.15) is 0 Å². The van der Waals surface area contributed by atoms with Gasteiger partial charge in [-0.1, -0.05) is 178 Å². The lowest BCUT2D eigenvalue weighted by Gasteiger charge is -2.24. The average Bonchev–Trinajstić information content (AvgIpc) is 3.50. The van der Waals surface area contributed by atoms with Gasteiger partial charge in [0, 0.05) is 22.1 Å². The molecule has 1 aliphatic rings. The van der Waals surface area contributed by atoms with Crippen LogP contribution in [0.3, 0.4) is 0 Å². The molecular formula is C53H38N2. The lowest BCUT2D eigenvalue weighted by Crippen LogP contribution is -2.15. The highest BCUT2D eigenvalue weighted by Crippen LogP contribution is 2.54. The number of nitrogens with zero attached hydrogens (tertiary/aromatic N) is 2. The fourth-order valence-corrected chi connectivity index (χ4v) is 8.53. The Labute approximate surface area is 322 Å². The van der Waals surface area contributed by atoms with Crippen LogP contribution in [0.4, 0.5) is 0 Å². The zero-order valence-corrected chi connectivity index (χ0v) is 30.9. The Balaban J connectivity index is 1.13. The van der Waals surface area contributed by atoms with Gasteiger partial charge >= 0.3 is 0 Å². The summed E-state index contributed by atoms with van der Waals surface area (Å²) in [5.74, 6) is 0.703. The fraction of sp³-hybridized carbons (Fsp3) is 0.0566. The highest BCUT2D eigenvalue weighted by molar-refractivity contribution is 6.04. The van der Waals surface area contributed by atoms with Crippen LogP contribution in [-0.2, 0) is 5.41 Å². The second-order valence-electron chi connectivity index (χ2n) is 15.0. The van der Waals surface area contributed by atoms with Crippen LogP contribution in [0.5, 0.6) is 0 Å². The van der Waals surface area contributed by atoms with Gasteiger partial charge in [0.05, 0.1) is 11.4 Å². The summed E-state index contributed by atoms with van der Waals surface area (Å²) in [6, 6.07) is 69.5. The number of benzene rings is 8. The Morgan fingerprint density at radius 1 is 0.364 bits per heavy atom. The Kier molecular flexibility index (Phi) is 7.85. The third-order valence-corrected chi connectivity index (χ3v) is 11.2. The molecule has 2 nitrogen and oxygen atoms in total. The van der Waals surface area contributed by atoms with Gasteiger partial charge in [0.2, 0.25) is 0 Å². The van der Waals surface area contributed by atoms with Crippen LogP contribution in [0.2, 0.25) is 0 Å². The van der Waals surface area contributed by atoms with Crippen LogP contribution in [0.25, 0.3) is 89.2 Å². The number of fused-ring (bicyclic) bond motifs is 5. The topological polar surface area (TPSA) is 25.8 Å². The van der Waals surface area contributed by atoms with Crippen LogP contribution in [0, 0.1) is 0 Å². The van der Waals surface area contributed by atoms with Crippen molar-refractivity contribution in [3.05, 3.63) is 205 Å². The van der Waals surface area contributed by atoms with E-state index in [0.29, 0.717) is 5.82 Å². The molecule has 0 bridgehead atoms. The van der Waals surface area contributed by atoms with E-state index in [4.69, 9.17) is 9.97 Å². The minimum Gasteiger partial charge on any atom is -0.228 e. The molecule has 0 N–H and O–H groups in total. The Hall–Kier alpha value is -6.90. The molecule has 8 aromatic carbocycles. The maximum absolute atomic E-state index is 5.23. The van der Waals surface area contributed by atoms with Crippen molar-refractivity contribution in [3.63, 3.8) is 0 Å². The molecule has 1 aromatic heterocycles. The molecule has 55 heavy (non-hydrogen) atoms. The molecule has 0 atom stereocenters. The van der Waals surface area contributed by atoms with Crippen LogP contribution >= 0.6 is 0 Å². The summed E-state index contributed by atoms with van der Waals surface area (Å²) in [6.07, 6.45) is 0. The molecule has 0 fully saturated rings. The molecule has 0 saturated heterocycles. The molecule has 0 aliphatic heterocycles. The first-order valence-electron chi connectivity index (χ1n) is 19.0. The van der Waals surface area contributed by atoms with E-state index in [0.717, 1.165) is 39.2 Å². The average molecular weight is 703 g/mol. The van der Waals surface area contributed by atoms with E-state index >= 15 is 0 Å². The molecule has 0 unspecified atom stereocenters. The standard InChI is InChI=1S/C53H38N2/c1-53(2)47-25-15-14-24-45(47)50-46(33-40-22-12-13-23-44(40)51(50)53)37-26-28-38(29-27-37)48-34-49(55-52(54-48)39-20-10-5-11-21-39)43-31-41(35-16-6-3-7-17-35)30-42(32-43)36-18-8-4-9-19-36/h3-34H,1-2H3. The van der Waals surface area contributed by atoms with Crippen LogP contribution in [0.1, 0.15) is 25.0 Å². The van der Waals surface area contributed by atoms with Crippen molar-refractivity contribution in [2.24, 2.45) is 0 Å². The maximum Gasteiger partial charge on any atom is 0.160 e. The Morgan fingerprint density at radius 3 is 1.53 bits per heavy atom. The summed E-state index contributed by atoms with van der Waals surface area (Å²) in [7, 11) is 0. The number of aromatic nitrogens is 2. The van der Waals surface area contributed by atoms with Gasteiger partial charge in [-0.2, -0.15) is 0 Å². The molecule has 0 radical (unpaired) electrons. The van der Waals surface area contributed by atoms with Gasteiger partial charge in [0.25, 0.3) is 0 Å². The second-order valence-corrected chi connectivity index (χ2v) is 15.0. The normalized spacial score (nSPS) is 12.7. The van der Waals surface area contributed by atoms with Gasteiger partial charge in [0.15, 0.2) is 5.82 Å². The molecular weight excluding hydrogens is 665 g/mol. The van der Waals surface area contributed by atoms with Gasteiger partial charge in [-0.3, -0.25) is 0 Å². The zero-order valence-electron chi connectivity index (χ0n) is 30.9. The first kappa shape index (κ1) is 32.7. The zero-order chi connectivity index (χ0) is 36.9. The van der Waals surface area contributed by atoms with Crippen molar-refractivity contribution in [1.29, 1.82) is 0 Å². The van der Waals surface area contributed by atoms with Crippen LogP contribution < -0.4 is 0 Å². The second kappa shape index (κ2) is 13.2. The monoisotopic (exact) mass is 702 g/mol. The molecule has 0 saturated carbocycles. The summed E-state index contributed by atoms with van der Waals surface area (Å²) in [5.41, 5.74) is 17.3. The molecule has 9 aromatic rings. The molecule has 0 spiro atoms.